The summed E-state index contributed by atoms with van der Waals surface area (Å²) in [6.07, 6.45) is -4.10. The molecule has 0 bridgehead atoms. The third kappa shape index (κ3) is 7.89. The topological polar surface area (TPSA) is 95.9 Å². The first kappa shape index (κ1) is 32.4. The molecule has 43 heavy (non-hydrogen) atoms. The van der Waals surface area contributed by atoms with Gasteiger partial charge in [-0.3, -0.25) is 4.79 Å². The molecule has 0 saturated carbocycles. The van der Waals surface area contributed by atoms with E-state index >= 15 is 0 Å². The molecule has 13 heteroatoms. The van der Waals surface area contributed by atoms with Crippen LogP contribution < -0.4 is 10.2 Å². The predicted molar refractivity (Wildman–Crippen MR) is 150 cm³/mol. The number of nitrogens with one attached hydrogen (secondary N) is 1. The van der Waals surface area contributed by atoms with Crippen LogP contribution in [0.1, 0.15) is 52.4 Å². The van der Waals surface area contributed by atoms with Crippen molar-refractivity contribution in [3.63, 3.8) is 0 Å². The van der Waals surface area contributed by atoms with Crippen molar-refractivity contribution in [1.82, 2.24) is 5.32 Å². The van der Waals surface area contributed by atoms with Crippen molar-refractivity contribution in [2.75, 3.05) is 30.4 Å². The predicted octanol–water partition coefficient (Wildman–Crippen LogP) is 5.56. The average molecular weight is 627 g/mol. The highest BCUT2D eigenvalue weighted by atomic mass is 32.2. The van der Waals surface area contributed by atoms with Gasteiger partial charge < -0.3 is 20.1 Å². The number of amides is 1. The van der Waals surface area contributed by atoms with E-state index in [0.29, 0.717) is 29.8 Å². The maximum absolute atomic E-state index is 13.0. The molecule has 1 saturated heterocycles. The number of benzene rings is 3. The molecule has 1 heterocycles. The van der Waals surface area contributed by atoms with Gasteiger partial charge in [0.2, 0.25) is 0 Å². The fourth-order valence-corrected chi connectivity index (χ4v) is 6.00. The Hall–Kier alpha value is -3.55. The third-order valence-corrected chi connectivity index (χ3v) is 9.26. The highest BCUT2D eigenvalue weighted by Gasteiger charge is 2.35. The van der Waals surface area contributed by atoms with E-state index < -0.39 is 52.8 Å². The lowest BCUT2D eigenvalue weighted by atomic mass is 9.95. The zero-order chi connectivity index (χ0) is 31.4. The maximum Gasteiger partial charge on any atom is 0.416 e. The molecule has 0 aliphatic carbocycles. The van der Waals surface area contributed by atoms with Crippen LogP contribution in [0.25, 0.3) is 0 Å². The number of carbonyl (C=O) groups is 1. The lowest BCUT2D eigenvalue weighted by Crippen LogP contribution is -2.34. The number of alkyl halides is 5. The van der Waals surface area contributed by atoms with Crippen LogP contribution in [-0.4, -0.2) is 57.6 Å². The number of carbonyl (C=O) groups excluding carboxylic acids is 1. The average Bonchev–Trinajstić information content (AvgIpc) is 3.43. The standard InChI is InChI=1S/C30H31F5N2O5S/c1-2-43(40,41)26-13-7-20(8-14-26)27(17-38)36-28(39)21-5-11-24(12-6-21)37-16-22(15-25(37)18-42-29(31)32)19-3-9-23(10-4-19)30(33,34)35/h3-14,22,25,27,29,38H,2,15-18H2,1H3,(H,36,39)/t22?,25-,27+/m1/s1. The van der Waals surface area contributed by atoms with E-state index in [1.807, 2.05) is 4.90 Å². The Labute approximate surface area is 246 Å². The SMILES string of the molecule is CCS(=O)(=O)c1ccc([C@H](CO)NC(=O)c2ccc(N3CC(c4ccc(C(F)(F)F)cc4)C[C@@H]3COC(F)F)cc2)cc1. The first-order valence-corrected chi connectivity index (χ1v) is 15.2. The first-order chi connectivity index (χ1) is 20.3. The quantitative estimate of drug-likeness (QED) is 0.271. The molecule has 3 aromatic rings. The summed E-state index contributed by atoms with van der Waals surface area (Å²) < 4.78 is 93.4. The Kier molecular flexibility index (Phi) is 10.1. The summed E-state index contributed by atoms with van der Waals surface area (Å²) in [4.78, 5) is 14.9. The number of anilines is 1. The number of aliphatic hydroxyl groups excluding tert-OH is 1. The highest BCUT2D eigenvalue weighted by Crippen LogP contribution is 2.37. The van der Waals surface area contributed by atoms with Gasteiger partial charge in [-0.1, -0.05) is 31.2 Å². The van der Waals surface area contributed by atoms with Gasteiger partial charge in [0.25, 0.3) is 5.91 Å². The lowest BCUT2D eigenvalue weighted by Gasteiger charge is -2.27. The normalized spacial score (nSPS) is 18.2. The summed E-state index contributed by atoms with van der Waals surface area (Å²) in [6, 6.07) is 15.7. The van der Waals surface area contributed by atoms with Crippen LogP contribution in [0.5, 0.6) is 0 Å². The fourth-order valence-electron chi connectivity index (χ4n) is 5.11. The second-order valence-corrected chi connectivity index (χ2v) is 12.5. The number of sulfone groups is 1. The first-order valence-electron chi connectivity index (χ1n) is 13.5. The summed E-state index contributed by atoms with van der Waals surface area (Å²) >= 11 is 0. The summed E-state index contributed by atoms with van der Waals surface area (Å²) in [5, 5.41) is 12.6. The molecule has 1 aliphatic heterocycles. The van der Waals surface area contributed by atoms with Crippen molar-refractivity contribution >= 4 is 21.4 Å². The summed E-state index contributed by atoms with van der Waals surface area (Å²) in [5.74, 6) is -0.798. The minimum absolute atomic E-state index is 0.0599. The fraction of sp³-hybridized carbons (Fsp3) is 0.367. The van der Waals surface area contributed by atoms with Crippen molar-refractivity contribution < 1.29 is 45.0 Å². The molecule has 1 unspecified atom stereocenters. The Morgan fingerprint density at radius 1 is 1.02 bits per heavy atom. The number of hydrogen-bond acceptors (Lipinski definition) is 6. The molecule has 7 nitrogen and oxygen atoms in total. The largest absolute Gasteiger partial charge is 0.416 e. The molecule has 0 radical (unpaired) electrons. The molecule has 0 spiro atoms. The summed E-state index contributed by atoms with van der Waals surface area (Å²) in [5.41, 5.74) is 1.24. The third-order valence-electron chi connectivity index (χ3n) is 7.51. The molecule has 1 fully saturated rings. The van der Waals surface area contributed by atoms with Gasteiger partial charge in [0.05, 0.1) is 41.5 Å². The molecule has 3 atom stereocenters. The maximum atomic E-state index is 13.0. The van der Waals surface area contributed by atoms with Gasteiger partial charge in [-0.05, 0) is 66.1 Å². The smallest absolute Gasteiger partial charge is 0.394 e. The van der Waals surface area contributed by atoms with E-state index in [1.54, 1.807) is 12.1 Å². The molecule has 0 aromatic heterocycles. The zero-order valence-corrected chi connectivity index (χ0v) is 23.9. The number of nitrogens with zero attached hydrogens (tertiary/aromatic N) is 1. The summed E-state index contributed by atoms with van der Waals surface area (Å²) in [6.45, 7) is -1.85. The monoisotopic (exact) mass is 626 g/mol. The molecular formula is C30H31F5N2O5S. The van der Waals surface area contributed by atoms with Crippen LogP contribution in [0.15, 0.2) is 77.7 Å². The highest BCUT2D eigenvalue weighted by molar-refractivity contribution is 7.91. The van der Waals surface area contributed by atoms with Crippen LogP contribution in [0.2, 0.25) is 0 Å². The van der Waals surface area contributed by atoms with E-state index in [-0.39, 0.29) is 28.7 Å². The van der Waals surface area contributed by atoms with Crippen LogP contribution in [-0.2, 0) is 20.8 Å². The van der Waals surface area contributed by atoms with Crippen molar-refractivity contribution in [3.05, 3.63) is 95.1 Å². The van der Waals surface area contributed by atoms with Crippen LogP contribution in [0.4, 0.5) is 27.6 Å². The van der Waals surface area contributed by atoms with Gasteiger partial charge in [-0.15, -0.1) is 0 Å². The molecular weight excluding hydrogens is 595 g/mol. The summed E-state index contributed by atoms with van der Waals surface area (Å²) in [7, 11) is -3.40. The van der Waals surface area contributed by atoms with E-state index in [0.717, 1.165) is 12.1 Å². The number of halogens is 5. The Bertz CT molecular complexity index is 1480. The molecule has 4 rings (SSSR count). The minimum Gasteiger partial charge on any atom is -0.394 e. The van der Waals surface area contributed by atoms with Crippen LogP contribution in [0, 0.1) is 0 Å². The molecule has 1 aliphatic rings. The van der Waals surface area contributed by atoms with Crippen LogP contribution in [0.3, 0.4) is 0 Å². The van der Waals surface area contributed by atoms with Crippen LogP contribution >= 0.6 is 0 Å². The number of aliphatic hydroxyl groups is 1. The lowest BCUT2D eigenvalue weighted by molar-refractivity contribution is -0.137. The van der Waals surface area contributed by atoms with E-state index in [9.17, 15) is 40.3 Å². The van der Waals surface area contributed by atoms with Gasteiger partial charge in [0.1, 0.15) is 0 Å². The second kappa shape index (κ2) is 13.4. The van der Waals surface area contributed by atoms with Gasteiger partial charge in [-0.2, -0.15) is 22.0 Å². The van der Waals surface area contributed by atoms with Crippen molar-refractivity contribution in [2.45, 2.75) is 49.0 Å². The molecule has 3 aromatic carbocycles. The molecule has 1 amide bonds. The Morgan fingerprint density at radius 3 is 2.19 bits per heavy atom. The number of rotatable bonds is 11. The molecule has 232 valence electrons. The minimum atomic E-state index is -4.47. The van der Waals surface area contributed by atoms with Crippen molar-refractivity contribution in [3.8, 4) is 0 Å². The Morgan fingerprint density at radius 2 is 1.65 bits per heavy atom. The van der Waals surface area contributed by atoms with Gasteiger partial charge in [0.15, 0.2) is 9.84 Å². The van der Waals surface area contributed by atoms with Gasteiger partial charge in [-0.25, -0.2) is 8.42 Å². The van der Waals surface area contributed by atoms with E-state index in [2.05, 4.69) is 10.1 Å². The van der Waals surface area contributed by atoms with Crippen molar-refractivity contribution in [2.24, 2.45) is 0 Å². The van der Waals surface area contributed by atoms with E-state index in [4.69, 9.17) is 0 Å². The zero-order valence-electron chi connectivity index (χ0n) is 23.1. The van der Waals surface area contributed by atoms with Crippen molar-refractivity contribution in [1.29, 1.82) is 0 Å². The number of hydrogen-bond donors (Lipinski definition) is 2. The number of ether oxygens (including phenoxy) is 1. The van der Waals surface area contributed by atoms with E-state index in [1.165, 1.54) is 55.5 Å². The second-order valence-electron chi connectivity index (χ2n) is 10.2. The molecule has 2 N–H and O–H groups in total. The Balaban J connectivity index is 1.47. The van der Waals surface area contributed by atoms with Gasteiger partial charge >= 0.3 is 12.8 Å². The van der Waals surface area contributed by atoms with Gasteiger partial charge in [0, 0.05) is 23.7 Å².